The quantitative estimate of drug-likeness (QED) is 0.681. The second kappa shape index (κ2) is 8.17. The van der Waals surface area contributed by atoms with Gasteiger partial charge in [0.2, 0.25) is 0 Å². The molecule has 0 bridgehead atoms. The second-order valence-electron chi connectivity index (χ2n) is 3.93. The molecule has 0 fully saturated rings. The minimum atomic E-state index is 0.738. The largest absolute Gasteiger partial charge is 0.494 e. The third-order valence-electron chi connectivity index (χ3n) is 2.46. The Hall–Kier alpha value is -1.02. The van der Waals surface area contributed by atoms with Crippen LogP contribution in [0.3, 0.4) is 0 Å². The van der Waals surface area contributed by atoms with E-state index >= 15 is 0 Å². The van der Waals surface area contributed by atoms with Crippen LogP contribution in [0.15, 0.2) is 24.3 Å². The highest BCUT2D eigenvalue weighted by Gasteiger charge is 1.96. The standard InChI is InChI=1S/C14H23NO/c1-3-10-15-11-6-8-13-7-5-9-14(12-13)16-4-2/h5,7,9,12,15H,3-4,6,8,10-11H2,1-2H3. The van der Waals surface area contributed by atoms with Crippen molar-refractivity contribution < 1.29 is 4.74 Å². The van der Waals surface area contributed by atoms with Gasteiger partial charge in [-0.3, -0.25) is 0 Å². The average molecular weight is 221 g/mol. The monoisotopic (exact) mass is 221 g/mol. The van der Waals surface area contributed by atoms with Gasteiger partial charge in [0, 0.05) is 0 Å². The van der Waals surface area contributed by atoms with Gasteiger partial charge in [-0.15, -0.1) is 0 Å². The molecule has 0 atom stereocenters. The average Bonchev–Trinajstić information content (AvgIpc) is 2.30. The Morgan fingerprint density at radius 2 is 2.06 bits per heavy atom. The Labute approximate surface area is 99.0 Å². The maximum absolute atomic E-state index is 5.48. The van der Waals surface area contributed by atoms with E-state index in [0.717, 1.165) is 31.9 Å². The second-order valence-corrected chi connectivity index (χ2v) is 3.93. The predicted molar refractivity (Wildman–Crippen MR) is 69.1 cm³/mol. The molecule has 1 aromatic rings. The summed E-state index contributed by atoms with van der Waals surface area (Å²) in [4.78, 5) is 0. The van der Waals surface area contributed by atoms with E-state index in [2.05, 4.69) is 30.4 Å². The molecule has 0 radical (unpaired) electrons. The number of nitrogens with one attached hydrogen (secondary N) is 1. The molecule has 2 nitrogen and oxygen atoms in total. The molecule has 90 valence electrons. The normalized spacial score (nSPS) is 10.4. The van der Waals surface area contributed by atoms with E-state index in [9.17, 15) is 0 Å². The number of hydrogen-bond acceptors (Lipinski definition) is 2. The van der Waals surface area contributed by atoms with Crippen LogP contribution in [0, 0.1) is 0 Å². The van der Waals surface area contributed by atoms with Crippen molar-refractivity contribution in [2.75, 3.05) is 19.7 Å². The number of benzene rings is 1. The Morgan fingerprint density at radius 3 is 2.81 bits per heavy atom. The topological polar surface area (TPSA) is 21.3 Å². The van der Waals surface area contributed by atoms with Crippen molar-refractivity contribution in [3.63, 3.8) is 0 Å². The highest BCUT2D eigenvalue weighted by Crippen LogP contribution is 2.14. The number of hydrogen-bond donors (Lipinski definition) is 1. The van der Waals surface area contributed by atoms with Crippen molar-refractivity contribution >= 4 is 0 Å². The first-order valence-electron chi connectivity index (χ1n) is 6.29. The number of aryl methyl sites for hydroxylation is 1. The van der Waals surface area contributed by atoms with Crippen LogP contribution in [-0.2, 0) is 6.42 Å². The van der Waals surface area contributed by atoms with Crippen LogP contribution in [0.25, 0.3) is 0 Å². The Bertz CT molecular complexity index is 286. The molecule has 0 heterocycles. The molecule has 0 spiro atoms. The molecule has 0 amide bonds. The van der Waals surface area contributed by atoms with Gasteiger partial charge in [0.25, 0.3) is 0 Å². The maximum Gasteiger partial charge on any atom is 0.119 e. The van der Waals surface area contributed by atoms with Gasteiger partial charge >= 0.3 is 0 Å². The van der Waals surface area contributed by atoms with E-state index in [4.69, 9.17) is 4.74 Å². The van der Waals surface area contributed by atoms with Gasteiger partial charge < -0.3 is 10.1 Å². The van der Waals surface area contributed by atoms with Crippen LogP contribution in [0.2, 0.25) is 0 Å². The molecule has 1 N–H and O–H groups in total. The summed E-state index contributed by atoms with van der Waals surface area (Å²) < 4.78 is 5.48. The zero-order valence-electron chi connectivity index (χ0n) is 10.5. The van der Waals surface area contributed by atoms with E-state index in [1.54, 1.807) is 0 Å². The Kier molecular flexibility index (Phi) is 6.66. The lowest BCUT2D eigenvalue weighted by Crippen LogP contribution is -2.16. The van der Waals surface area contributed by atoms with Crippen LogP contribution in [0.5, 0.6) is 5.75 Å². The molecule has 0 saturated carbocycles. The highest BCUT2D eigenvalue weighted by atomic mass is 16.5. The molecular formula is C14H23NO. The fraction of sp³-hybridized carbons (Fsp3) is 0.571. The predicted octanol–water partition coefficient (Wildman–Crippen LogP) is 3.02. The van der Waals surface area contributed by atoms with Crippen molar-refractivity contribution in [1.82, 2.24) is 5.32 Å². The van der Waals surface area contributed by atoms with Crippen molar-refractivity contribution in [2.45, 2.75) is 33.1 Å². The van der Waals surface area contributed by atoms with E-state index in [1.165, 1.54) is 18.4 Å². The van der Waals surface area contributed by atoms with E-state index in [-0.39, 0.29) is 0 Å². The summed E-state index contributed by atoms with van der Waals surface area (Å²) in [7, 11) is 0. The minimum absolute atomic E-state index is 0.738. The van der Waals surface area contributed by atoms with Gasteiger partial charge in [-0.05, 0) is 57.0 Å². The van der Waals surface area contributed by atoms with Gasteiger partial charge in [0.05, 0.1) is 6.61 Å². The Balaban J connectivity index is 2.27. The van der Waals surface area contributed by atoms with Gasteiger partial charge in [0.1, 0.15) is 5.75 Å². The third kappa shape index (κ3) is 5.17. The SMILES string of the molecule is CCCNCCCc1cccc(OCC)c1. The first-order chi connectivity index (χ1) is 7.86. The van der Waals surface area contributed by atoms with Crippen molar-refractivity contribution in [1.29, 1.82) is 0 Å². The van der Waals surface area contributed by atoms with Crippen molar-refractivity contribution in [2.24, 2.45) is 0 Å². The van der Waals surface area contributed by atoms with Crippen LogP contribution >= 0.6 is 0 Å². The number of rotatable bonds is 8. The smallest absolute Gasteiger partial charge is 0.119 e. The first kappa shape index (κ1) is 13.0. The molecular weight excluding hydrogens is 198 g/mol. The maximum atomic E-state index is 5.48. The fourth-order valence-electron chi connectivity index (χ4n) is 1.68. The lowest BCUT2D eigenvalue weighted by atomic mass is 10.1. The van der Waals surface area contributed by atoms with Crippen LogP contribution < -0.4 is 10.1 Å². The summed E-state index contributed by atoms with van der Waals surface area (Å²) in [5.41, 5.74) is 1.37. The van der Waals surface area contributed by atoms with E-state index in [0.29, 0.717) is 0 Å². The summed E-state index contributed by atoms with van der Waals surface area (Å²) >= 11 is 0. The minimum Gasteiger partial charge on any atom is -0.494 e. The summed E-state index contributed by atoms with van der Waals surface area (Å²) in [6, 6.07) is 8.40. The lowest BCUT2D eigenvalue weighted by molar-refractivity contribution is 0.340. The molecule has 16 heavy (non-hydrogen) atoms. The number of ether oxygens (including phenoxy) is 1. The molecule has 0 aromatic heterocycles. The van der Waals surface area contributed by atoms with E-state index in [1.807, 2.05) is 13.0 Å². The Morgan fingerprint density at radius 1 is 1.19 bits per heavy atom. The molecule has 0 aliphatic rings. The highest BCUT2D eigenvalue weighted by molar-refractivity contribution is 5.28. The van der Waals surface area contributed by atoms with Gasteiger partial charge in [-0.25, -0.2) is 0 Å². The lowest BCUT2D eigenvalue weighted by Gasteiger charge is -2.06. The molecule has 2 heteroatoms. The van der Waals surface area contributed by atoms with Gasteiger partial charge in [-0.2, -0.15) is 0 Å². The zero-order chi connectivity index (χ0) is 11.6. The van der Waals surface area contributed by atoms with Gasteiger partial charge in [0.15, 0.2) is 0 Å². The summed E-state index contributed by atoms with van der Waals surface area (Å²) in [5.74, 6) is 0.988. The first-order valence-corrected chi connectivity index (χ1v) is 6.29. The van der Waals surface area contributed by atoms with Crippen LogP contribution in [0.1, 0.15) is 32.3 Å². The molecule has 0 unspecified atom stereocenters. The van der Waals surface area contributed by atoms with E-state index < -0.39 is 0 Å². The third-order valence-corrected chi connectivity index (χ3v) is 2.46. The summed E-state index contributed by atoms with van der Waals surface area (Å²) in [6.45, 7) is 7.17. The fourth-order valence-corrected chi connectivity index (χ4v) is 1.68. The summed E-state index contributed by atoms with van der Waals surface area (Å²) in [6.07, 6.45) is 3.52. The van der Waals surface area contributed by atoms with Gasteiger partial charge in [-0.1, -0.05) is 19.1 Å². The molecule has 1 aromatic carbocycles. The van der Waals surface area contributed by atoms with Crippen LogP contribution in [-0.4, -0.2) is 19.7 Å². The van der Waals surface area contributed by atoms with Crippen LogP contribution in [0.4, 0.5) is 0 Å². The molecule has 1 rings (SSSR count). The molecule has 0 aliphatic heterocycles. The van der Waals surface area contributed by atoms with Crippen molar-refractivity contribution in [3.05, 3.63) is 29.8 Å². The molecule has 0 saturated heterocycles. The van der Waals surface area contributed by atoms with Crippen molar-refractivity contribution in [3.8, 4) is 5.75 Å². The zero-order valence-corrected chi connectivity index (χ0v) is 10.5. The summed E-state index contributed by atoms with van der Waals surface area (Å²) in [5, 5.41) is 3.41. The molecule has 0 aliphatic carbocycles.